The number of rotatable bonds is 5. The molecule has 7 heteroatoms. The normalized spacial score (nSPS) is 12.2. The molecule has 0 spiro atoms. The largest absolute Gasteiger partial charge is 0.744 e. The van der Waals surface area contributed by atoms with Crippen molar-refractivity contribution in [1.29, 1.82) is 0 Å². The summed E-state index contributed by atoms with van der Waals surface area (Å²) in [7, 11) is -4.74. The van der Waals surface area contributed by atoms with E-state index >= 15 is 0 Å². The molecule has 0 aromatic heterocycles. The Labute approximate surface area is 238 Å². The Morgan fingerprint density at radius 1 is 0.732 bits per heavy atom. The lowest BCUT2D eigenvalue weighted by Crippen LogP contribution is -2.71. The average molecular weight is 561 g/mol. The second kappa shape index (κ2) is 10.4. The molecule has 2 aliphatic rings. The summed E-state index contributed by atoms with van der Waals surface area (Å²) in [5, 5.41) is 4.96. The first-order valence-corrected chi connectivity index (χ1v) is 14.6. The van der Waals surface area contributed by atoms with Crippen molar-refractivity contribution in [1.82, 2.24) is 0 Å². The first kappa shape index (κ1) is 26.5. The van der Waals surface area contributed by atoms with Gasteiger partial charge in [-0.1, -0.05) is 54.6 Å². The number of nitrogens with one attached hydrogen (secondary N) is 2. The lowest BCUT2D eigenvalue weighted by Gasteiger charge is -2.19. The third kappa shape index (κ3) is 5.13. The maximum atomic E-state index is 12.3. The van der Waals surface area contributed by atoms with E-state index in [9.17, 15) is 13.0 Å². The van der Waals surface area contributed by atoms with Gasteiger partial charge in [-0.25, -0.2) is 13.4 Å². The van der Waals surface area contributed by atoms with Gasteiger partial charge in [-0.05, 0) is 56.7 Å². The van der Waals surface area contributed by atoms with Gasteiger partial charge in [0.15, 0.2) is 0 Å². The molecule has 4 aromatic rings. The lowest BCUT2D eigenvalue weighted by molar-refractivity contribution is -0.403. The van der Waals surface area contributed by atoms with Crippen molar-refractivity contribution in [3.8, 4) is 22.5 Å². The maximum absolute atomic E-state index is 12.3. The third-order valence-corrected chi connectivity index (χ3v) is 8.22. The number of fused-ring (bicyclic) bond motifs is 2. The molecule has 0 amide bonds. The van der Waals surface area contributed by atoms with E-state index < -0.39 is 10.1 Å². The van der Waals surface area contributed by atoms with Crippen LogP contribution in [0.5, 0.6) is 0 Å². The monoisotopic (exact) mass is 560 g/mol. The molecule has 1 heterocycles. The highest BCUT2D eigenvalue weighted by atomic mass is 32.2. The third-order valence-electron chi connectivity index (χ3n) is 7.32. The fraction of sp³-hybridized carbons (Fsp3) is 0.0882. The van der Waals surface area contributed by atoms with Gasteiger partial charge >= 0.3 is 0 Å². The Balaban J connectivity index is 1.63. The van der Waals surface area contributed by atoms with Gasteiger partial charge in [-0.3, -0.25) is 0 Å². The van der Waals surface area contributed by atoms with Crippen LogP contribution in [0.15, 0.2) is 112 Å². The summed E-state index contributed by atoms with van der Waals surface area (Å²) in [6.07, 6.45) is 0. The molecule has 0 atom stereocenters. The average Bonchev–Trinajstić information content (AvgIpc) is 2.94. The fourth-order valence-electron chi connectivity index (χ4n) is 5.25. The predicted molar refractivity (Wildman–Crippen MR) is 160 cm³/mol. The molecule has 0 saturated carbocycles. The van der Waals surface area contributed by atoms with Gasteiger partial charge in [0.2, 0.25) is 11.0 Å². The Kier molecular flexibility index (Phi) is 6.69. The summed E-state index contributed by atoms with van der Waals surface area (Å²) in [5.74, 6) is 0.551. The summed E-state index contributed by atoms with van der Waals surface area (Å²) >= 11 is 0. The molecule has 204 valence electrons. The topological polar surface area (TPSA) is 96.3 Å². The van der Waals surface area contributed by atoms with E-state index in [2.05, 4.69) is 36.3 Å². The SMILES string of the molecule is Cc1ccccc1Nc1ccc2c(-c3ccccc3S(=O)(=O)[O-])c3ccc(=[NH+]c4c(C)cccc4C)cc-3oc2c1. The van der Waals surface area contributed by atoms with E-state index in [0.29, 0.717) is 33.4 Å². The number of benzene rings is 5. The highest BCUT2D eigenvalue weighted by Crippen LogP contribution is 2.42. The van der Waals surface area contributed by atoms with Crippen molar-refractivity contribution < 1.29 is 22.4 Å². The molecule has 6 rings (SSSR count). The molecule has 4 aromatic carbocycles. The van der Waals surface area contributed by atoms with Crippen molar-refractivity contribution in [3.63, 3.8) is 0 Å². The summed E-state index contributed by atoms with van der Waals surface area (Å²) in [6.45, 7) is 6.13. The van der Waals surface area contributed by atoms with Crippen LogP contribution in [0, 0.1) is 20.8 Å². The zero-order valence-electron chi connectivity index (χ0n) is 22.9. The van der Waals surface area contributed by atoms with Gasteiger partial charge in [0.1, 0.15) is 21.5 Å². The first-order chi connectivity index (χ1) is 19.7. The van der Waals surface area contributed by atoms with Crippen LogP contribution < -0.4 is 15.7 Å². The summed E-state index contributed by atoms with van der Waals surface area (Å²) in [4.78, 5) is 3.24. The zero-order chi connectivity index (χ0) is 28.7. The smallest absolute Gasteiger partial charge is 0.209 e. The van der Waals surface area contributed by atoms with Crippen molar-refractivity contribution in [3.05, 3.63) is 125 Å². The van der Waals surface area contributed by atoms with Crippen molar-refractivity contribution in [2.45, 2.75) is 25.7 Å². The number of hydrogen-bond donors (Lipinski definition) is 2. The van der Waals surface area contributed by atoms with Crippen molar-refractivity contribution >= 4 is 38.1 Å². The van der Waals surface area contributed by atoms with Crippen LogP contribution in [0.1, 0.15) is 16.7 Å². The minimum Gasteiger partial charge on any atom is -0.744 e. The van der Waals surface area contributed by atoms with Gasteiger partial charge in [0, 0.05) is 56.7 Å². The summed E-state index contributed by atoms with van der Waals surface area (Å²) in [5.41, 5.74) is 8.33. The van der Waals surface area contributed by atoms with E-state index in [1.807, 2.05) is 73.7 Å². The Morgan fingerprint density at radius 3 is 2.20 bits per heavy atom. The van der Waals surface area contributed by atoms with Gasteiger partial charge in [-0.2, -0.15) is 0 Å². The molecule has 0 fully saturated rings. The van der Waals surface area contributed by atoms with Crippen molar-refractivity contribution in [2.24, 2.45) is 0 Å². The highest BCUT2D eigenvalue weighted by molar-refractivity contribution is 7.85. The van der Waals surface area contributed by atoms with E-state index in [1.165, 1.54) is 6.07 Å². The van der Waals surface area contributed by atoms with Crippen LogP contribution in [0.3, 0.4) is 0 Å². The minimum absolute atomic E-state index is 0.270. The molecular weight excluding hydrogens is 532 g/mol. The van der Waals surface area contributed by atoms with Gasteiger partial charge in [0.25, 0.3) is 0 Å². The highest BCUT2D eigenvalue weighted by Gasteiger charge is 2.22. The Hall–Kier alpha value is -4.72. The minimum atomic E-state index is -4.74. The second-order valence-electron chi connectivity index (χ2n) is 10.2. The van der Waals surface area contributed by atoms with E-state index in [0.717, 1.165) is 39.1 Å². The van der Waals surface area contributed by atoms with Gasteiger partial charge in [0.05, 0.1) is 11.0 Å². The summed E-state index contributed by atoms with van der Waals surface area (Å²) in [6, 6.07) is 31.9. The quantitative estimate of drug-likeness (QED) is 0.197. The number of aryl methyl sites for hydroxylation is 3. The molecule has 2 N–H and O–H groups in total. The Morgan fingerprint density at radius 2 is 1.44 bits per heavy atom. The van der Waals surface area contributed by atoms with Crippen LogP contribution in [0.25, 0.3) is 33.4 Å². The van der Waals surface area contributed by atoms with E-state index in [1.54, 1.807) is 18.2 Å². The fourth-order valence-corrected chi connectivity index (χ4v) is 5.94. The molecular formula is C34H28N2O4S. The second-order valence-corrected chi connectivity index (χ2v) is 11.5. The van der Waals surface area contributed by atoms with Crippen LogP contribution in [-0.4, -0.2) is 13.0 Å². The van der Waals surface area contributed by atoms with Crippen LogP contribution in [-0.2, 0) is 10.1 Å². The zero-order valence-corrected chi connectivity index (χ0v) is 23.7. The molecule has 1 aliphatic heterocycles. The Bertz CT molecular complexity index is 2070. The number of para-hydroxylation sites is 2. The summed E-state index contributed by atoms with van der Waals surface area (Å²) < 4.78 is 43.4. The molecule has 1 aliphatic carbocycles. The molecule has 41 heavy (non-hydrogen) atoms. The number of hydrogen-bond acceptors (Lipinski definition) is 5. The van der Waals surface area contributed by atoms with E-state index in [-0.39, 0.29) is 4.90 Å². The lowest BCUT2D eigenvalue weighted by atomic mass is 9.93. The molecule has 0 unspecified atom stereocenters. The molecule has 0 saturated heterocycles. The van der Waals surface area contributed by atoms with Crippen LogP contribution in [0.4, 0.5) is 17.1 Å². The van der Waals surface area contributed by atoms with Gasteiger partial charge < -0.3 is 14.3 Å². The maximum Gasteiger partial charge on any atom is 0.209 e. The molecule has 0 bridgehead atoms. The van der Waals surface area contributed by atoms with E-state index in [4.69, 9.17) is 4.42 Å². The first-order valence-electron chi connectivity index (χ1n) is 13.2. The molecule has 0 radical (unpaired) electrons. The predicted octanol–water partition coefficient (Wildman–Crippen LogP) is 6.09. The van der Waals surface area contributed by atoms with Crippen molar-refractivity contribution in [2.75, 3.05) is 5.32 Å². The van der Waals surface area contributed by atoms with Gasteiger partial charge in [-0.15, -0.1) is 0 Å². The number of anilines is 2. The van der Waals surface area contributed by atoms with Crippen LogP contribution >= 0.6 is 0 Å². The standard InChI is InChI=1S/C34H28N2O4S/c1-21-9-4-6-13-29(21)35-24-15-17-26-30(19-24)40-31-20-25(36-34-22(2)10-8-11-23(34)3)16-18-27(31)33(26)28-12-5-7-14-32(28)41(37,38)39/h4-20,35H,1-3H3,(H,37,38,39). The van der Waals surface area contributed by atoms with Crippen LogP contribution in [0.2, 0.25) is 0 Å². The molecule has 6 nitrogen and oxygen atoms in total.